The molecule has 35 heavy (non-hydrogen) atoms. The van der Waals surface area contributed by atoms with Crippen LogP contribution in [-0.4, -0.2) is 40.0 Å². The van der Waals surface area contributed by atoms with Crippen molar-refractivity contribution in [3.8, 4) is 0 Å². The molecule has 4 unspecified atom stereocenters. The van der Waals surface area contributed by atoms with E-state index in [0.717, 1.165) is 18.4 Å². The van der Waals surface area contributed by atoms with Gasteiger partial charge in [-0.15, -0.1) is 11.3 Å². The number of hydrogen-bond acceptors (Lipinski definition) is 6. The number of nitrogens with two attached hydrogens (primary N) is 1. The Kier molecular flexibility index (Phi) is 10.7. The summed E-state index contributed by atoms with van der Waals surface area (Å²) in [6.07, 6.45) is 8.20. The van der Waals surface area contributed by atoms with Gasteiger partial charge < -0.3 is 21.5 Å². The first-order valence-electron chi connectivity index (χ1n) is 12.8. The fourth-order valence-corrected chi connectivity index (χ4v) is 5.51. The zero-order chi connectivity index (χ0) is 25.2. The van der Waals surface area contributed by atoms with Crippen molar-refractivity contribution >= 4 is 23.2 Å². The van der Waals surface area contributed by atoms with E-state index in [2.05, 4.69) is 15.6 Å². The van der Waals surface area contributed by atoms with Crippen LogP contribution in [0.5, 0.6) is 0 Å². The molecule has 1 fully saturated rings. The molecule has 0 radical (unpaired) electrons. The molecule has 1 aromatic heterocycles. The summed E-state index contributed by atoms with van der Waals surface area (Å²) in [4.78, 5) is 30.6. The lowest BCUT2D eigenvalue weighted by Gasteiger charge is -2.31. The maximum Gasteiger partial charge on any atom is 0.242 e. The molecule has 2 amide bonds. The number of nitrogens with zero attached hydrogens (tertiary/aromatic N) is 1. The fourth-order valence-electron chi connectivity index (χ4n) is 4.83. The average molecular weight is 501 g/mol. The summed E-state index contributed by atoms with van der Waals surface area (Å²) in [5.41, 5.74) is 7.15. The molecule has 1 aromatic carbocycles. The lowest BCUT2D eigenvalue weighted by molar-refractivity contribution is -0.131. The minimum Gasteiger partial charge on any atom is -0.384 e. The summed E-state index contributed by atoms with van der Waals surface area (Å²) < 4.78 is 0. The molecule has 1 heterocycles. The SMILES string of the molecule is CC(C)CC(NC(=O)C(N)Cc1ccccc1)C(=O)NC(CC1CCCCC1)C(O)c1nccs1. The Balaban J connectivity index is 1.68. The van der Waals surface area contributed by atoms with Crippen molar-refractivity contribution in [3.63, 3.8) is 0 Å². The quantitative estimate of drug-likeness (QED) is 0.354. The van der Waals surface area contributed by atoms with E-state index in [1.54, 1.807) is 6.20 Å². The maximum absolute atomic E-state index is 13.4. The van der Waals surface area contributed by atoms with Crippen molar-refractivity contribution in [3.05, 3.63) is 52.5 Å². The Bertz CT molecular complexity index is 900. The third kappa shape index (κ3) is 8.70. The molecule has 8 heteroatoms. The van der Waals surface area contributed by atoms with Crippen molar-refractivity contribution in [2.75, 3.05) is 0 Å². The number of aliphatic hydroxyl groups excluding tert-OH is 1. The van der Waals surface area contributed by atoms with E-state index in [-0.39, 0.29) is 17.7 Å². The zero-order valence-corrected chi connectivity index (χ0v) is 21.7. The molecule has 5 N–H and O–H groups in total. The number of rotatable bonds is 12. The molecule has 0 aliphatic heterocycles. The largest absolute Gasteiger partial charge is 0.384 e. The van der Waals surface area contributed by atoms with Gasteiger partial charge in [-0.25, -0.2) is 4.98 Å². The van der Waals surface area contributed by atoms with Crippen molar-refractivity contribution in [2.24, 2.45) is 17.6 Å². The Labute approximate surface area is 212 Å². The first-order valence-corrected chi connectivity index (χ1v) is 13.7. The van der Waals surface area contributed by atoms with Gasteiger partial charge in [-0.3, -0.25) is 9.59 Å². The summed E-state index contributed by atoms with van der Waals surface area (Å²) in [6.45, 7) is 4.03. The van der Waals surface area contributed by atoms with Crippen LogP contribution in [0.3, 0.4) is 0 Å². The van der Waals surface area contributed by atoms with E-state index in [0.29, 0.717) is 30.2 Å². The second kappa shape index (κ2) is 13.7. The highest BCUT2D eigenvalue weighted by Gasteiger charge is 2.32. The van der Waals surface area contributed by atoms with Crippen molar-refractivity contribution in [1.82, 2.24) is 15.6 Å². The van der Waals surface area contributed by atoms with Crippen LogP contribution in [0, 0.1) is 11.8 Å². The highest BCUT2D eigenvalue weighted by molar-refractivity contribution is 7.09. The normalized spacial score (nSPS) is 18.0. The van der Waals surface area contributed by atoms with Crippen molar-refractivity contribution in [2.45, 2.75) is 89.4 Å². The van der Waals surface area contributed by atoms with E-state index in [1.165, 1.54) is 30.6 Å². The van der Waals surface area contributed by atoms with E-state index in [9.17, 15) is 14.7 Å². The fraction of sp³-hybridized carbons (Fsp3) is 0.593. The zero-order valence-electron chi connectivity index (χ0n) is 20.9. The molecule has 7 nitrogen and oxygen atoms in total. The van der Waals surface area contributed by atoms with Crippen LogP contribution in [0.25, 0.3) is 0 Å². The highest BCUT2D eigenvalue weighted by atomic mass is 32.1. The van der Waals surface area contributed by atoms with Crippen LogP contribution in [0.4, 0.5) is 0 Å². The van der Waals surface area contributed by atoms with Crippen LogP contribution in [0.15, 0.2) is 41.9 Å². The molecule has 1 saturated carbocycles. The number of thiazole rings is 1. The summed E-state index contributed by atoms with van der Waals surface area (Å²) >= 11 is 1.38. The van der Waals surface area contributed by atoms with E-state index >= 15 is 0 Å². The van der Waals surface area contributed by atoms with Gasteiger partial charge in [0.2, 0.25) is 11.8 Å². The predicted molar refractivity (Wildman–Crippen MR) is 140 cm³/mol. The van der Waals surface area contributed by atoms with Gasteiger partial charge in [-0.2, -0.15) is 0 Å². The smallest absolute Gasteiger partial charge is 0.242 e. The van der Waals surface area contributed by atoms with Gasteiger partial charge in [0, 0.05) is 11.6 Å². The van der Waals surface area contributed by atoms with E-state index in [1.807, 2.05) is 49.6 Å². The van der Waals surface area contributed by atoms with Crippen LogP contribution >= 0.6 is 11.3 Å². The third-order valence-corrected chi connectivity index (χ3v) is 7.55. The molecule has 0 saturated heterocycles. The van der Waals surface area contributed by atoms with Gasteiger partial charge in [0.25, 0.3) is 0 Å². The first-order chi connectivity index (χ1) is 16.8. The molecule has 0 bridgehead atoms. The van der Waals surface area contributed by atoms with Gasteiger partial charge >= 0.3 is 0 Å². The Morgan fingerprint density at radius 3 is 2.46 bits per heavy atom. The standard InChI is InChI=1S/C27H40N4O3S/c1-18(2)15-23(31-25(33)21(28)16-19-9-5-3-6-10-19)26(34)30-22(17-20-11-7-4-8-12-20)24(32)27-29-13-14-35-27/h3,5-6,9-10,13-14,18,20-24,32H,4,7-8,11-12,15-17,28H2,1-2H3,(H,30,34)(H,31,33). The molecule has 1 aliphatic carbocycles. The number of hydrogen-bond donors (Lipinski definition) is 4. The molecule has 192 valence electrons. The molecule has 1 aliphatic rings. The maximum atomic E-state index is 13.4. The van der Waals surface area contributed by atoms with E-state index in [4.69, 9.17) is 5.73 Å². The minimum atomic E-state index is -0.878. The minimum absolute atomic E-state index is 0.192. The second-order valence-electron chi connectivity index (χ2n) is 10.2. The molecule has 3 rings (SSSR count). The molecule has 2 aromatic rings. The Hall–Kier alpha value is -2.29. The first kappa shape index (κ1) is 27.3. The monoisotopic (exact) mass is 500 g/mol. The summed E-state index contributed by atoms with van der Waals surface area (Å²) in [6, 6.07) is 7.68. The van der Waals surface area contributed by atoms with Crippen LogP contribution < -0.4 is 16.4 Å². The van der Waals surface area contributed by atoms with Crippen molar-refractivity contribution in [1.29, 1.82) is 0 Å². The van der Waals surface area contributed by atoms with Crippen LogP contribution in [0.1, 0.15) is 75.5 Å². The number of aliphatic hydroxyl groups is 1. The van der Waals surface area contributed by atoms with Gasteiger partial charge in [-0.1, -0.05) is 76.3 Å². The predicted octanol–water partition coefficient (Wildman–Crippen LogP) is 3.73. The van der Waals surface area contributed by atoms with E-state index < -0.39 is 24.2 Å². The Morgan fingerprint density at radius 1 is 1.11 bits per heavy atom. The molecular weight excluding hydrogens is 460 g/mol. The number of aromatic nitrogens is 1. The highest BCUT2D eigenvalue weighted by Crippen LogP contribution is 2.31. The van der Waals surface area contributed by atoms with Crippen LogP contribution in [0.2, 0.25) is 0 Å². The third-order valence-electron chi connectivity index (χ3n) is 6.70. The number of benzene rings is 1. The van der Waals surface area contributed by atoms with Gasteiger partial charge in [0.1, 0.15) is 17.2 Å². The van der Waals surface area contributed by atoms with Gasteiger partial charge in [-0.05, 0) is 36.7 Å². The lowest BCUT2D eigenvalue weighted by atomic mass is 9.83. The lowest BCUT2D eigenvalue weighted by Crippen LogP contribution is -2.55. The van der Waals surface area contributed by atoms with Crippen molar-refractivity contribution < 1.29 is 14.7 Å². The second-order valence-corrected chi connectivity index (χ2v) is 11.1. The van der Waals surface area contributed by atoms with Gasteiger partial charge in [0.05, 0.1) is 12.1 Å². The number of amides is 2. The number of carbonyl (C=O) groups excluding carboxylic acids is 2. The average Bonchev–Trinajstić information content (AvgIpc) is 3.38. The molecule has 0 spiro atoms. The summed E-state index contributed by atoms with van der Waals surface area (Å²) in [5, 5.41) is 19.5. The van der Waals surface area contributed by atoms with Crippen LogP contribution in [-0.2, 0) is 16.0 Å². The Morgan fingerprint density at radius 2 is 1.83 bits per heavy atom. The molecular formula is C27H40N4O3S. The van der Waals surface area contributed by atoms with Gasteiger partial charge in [0.15, 0.2) is 0 Å². The number of carbonyl (C=O) groups is 2. The molecule has 4 atom stereocenters. The summed E-state index contributed by atoms with van der Waals surface area (Å²) in [7, 11) is 0. The topological polar surface area (TPSA) is 117 Å². The number of nitrogens with one attached hydrogen (secondary N) is 2. The summed E-state index contributed by atoms with van der Waals surface area (Å²) in [5.74, 6) is 0.0208.